The zero-order valence-corrected chi connectivity index (χ0v) is 17.2. The molecule has 1 aromatic heterocycles. The lowest BCUT2D eigenvalue weighted by Gasteiger charge is -2.52. The highest BCUT2D eigenvalue weighted by Crippen LogP contribution is 2.59. The zero-order chi connectivity index (χ0) is 22.1. The Kier molecular flexibility index (Phi) is 4.42. The van der Waals surface area contributed by atoms with Crippen LogP contribution in [0.4, 0.5) is 23.2 Å². The number of hydrogen-bond acceptors (Lipinski definition) is 3. The molecule has 9 heteroatoms. The maximum Gasteiger partial charge on any atom is 0.422 e. The molecule has 1 aliphatic rings. The van der Waals surface area contributed by atoms with Crippen molar-refractivity contribution < 1.29 is 22.7 Å². The van der Waals surface area contributed by atoms with Crippen molar-refractivity contribution in [1.29, 1.82) is 0 Å². The summed E-state index contributed by atoms with van der Waals surface area (Å²) in [5.74, 6) is -3.36. The van der Waals surface area contributed by atoms with E-state index in [-0.39, 0.29) is 11.3 Å². The van der Waals surface area contributed by atoms with E-state index in [1.54, 1.807) is 32.9 Å². The number of alkyl halides is 4. The van der Waals surface area contributed by atoms with Gasteiger partial charge in [-0.3, -0.25) is 5.10 Å². The van der Waals surface area contributed by atoms with E-state index in [1.165, 1.54) is 24.4 Å². The van der Waals surface area contributed by atoms with E-state index in [0.29, 0.717) is 27.1 Å². The van der Waals surface area contributed by atoms with Crippen molar-refractivity contribution in [2.45, 2.75) is 50.2 Å². The molecule has 0 aliphatic heterocycles. The monoisotopic (exact) mass is 441 g/mol. The van der Waals surface area contributed by atoms with Gasteiger partial charge in [0.05, 0.1) is 11.7 Å². The van der Waals surface area contributed by atoms with Crippen LogP contribution in [0, 0.1) is 6.92 Å². The molecule has 0 saturated heterocycles. The molecule has 0 spiro atoms. The summed E-state index contributed by atoms with van der Waals surface area (Å²) in [6.07, 6.45) is -4.75. The molecule has 160 valence electrons. The molecule has 1 aliphatic carbocycles. The molecule has 1 heterocycles. The van der Waals surface area contributed by atoms with Crippen molar-refractivity contribution >= 4 is 28.2 Å². The Morgan fingerprint density at radius 3 is 2.57 bits per heavy atom. The molecular weight excluding hydrogens is 422 g/mol. The number of aliphatic hydroxyl groups is 1. The van der Waals surface area contributed by atoms with Gasteiger partial charge in [-0.1, -0.05) is 37.6 Å². The molecule has 3 aromatic rings. The maximum atomic E-state index is 16.7. The van der Waals surface area contributed by atoms with Crippen molar-refractivity contribution in [3.8, 4) is 0 Å². The van der Waals surface area contributed by atoms with Gasteiger partial charge < -0.3 is 10.4 Å². The summed E-state index contributed by atoms with van der Waals surface area (Å²) in [5, 5.41) is 20.6. The summed E-state index contributed by atoms with van der Waals surface area (Å²) < 4.78 is 59.4. The fourth-order valence-electron chi connectivity index (χ4n) is 4.65. The minimum atomic E-state index is -5.25. The average Bonchev–Trinajstić information content (AvgIpc) is 3.11. The molecule has 30 heavy (non-hydrogen) atoms. The van der Waals surface area contributed by atoms with E-state index in [4.69, 9.17) is 11.6 Å². The van der Waals surface area contributed by atoms with Crippen LogP contribution in [-0.4, -0.2) is 27.1 Å². The summed E-state index contributed by atoms with van der Waals surface area (Å²) in [5.41, 5.74) is -3.75. The van der Waals surface area contributed by atoms with Gasteiger partial charge in [0, 0.05) is 21.7 Å². The Hall–Kier alpha value is -2.32. The number of benzene rings is 2. The van der Waals surface area contributed by atoms with Crippen molar-refractivity contribution in [3.05, 3.63) is 58.2 Å². The Bertz CT molecular complexity index is 1140. The molecule has 0 saturated carbocycles. The number of H-pyrrole nitrogens is 1. The summed E-state index contributed by atoms with van der Waals surface area (Å²) in [6.45, 7) is 4.72. The number of fused-ring (bicyclic) bond motifs is 2. The van der Waals surface area contributed by atoms with Crippen LogP contribution >= 0.6 is 11.6 Å². The van der Waals surface area contributed by atoms with Crippen LogP contribution in [0.25, 0.3) is 10.9 Å². The summed E-state index contributed by atoms with van der Waals surface area (Å²) in [6, 6.07) is 7.22. The quantitative estimate of drug-likeness (QED) is 0.351. The molecule has 3 N–H and O–H groups in total. The van der Waals surface area contributed by atoms with Crippen LogP contribution in [0.5, 0.6) is 0 Å². The van der Waals surface area contributed by atoms with Gasteiger partial charge in [-0.05, 0) is 48.1 Å². The average molecular weight is 442 g/mol. The van der Waals surface area contributed by atoms with Crippen molar-refractivity contribution in [1.82, 2.24) is 10.2 Å². The van der Waals surface area contributed by atoms with Gasteiger partial charge in [0.2, 0.25) is 11.4 Å². The number of nitrogens with one attached hydrogen (secondary N) is 2. The number of hydrogen-bond donors (Lipinski definition) is 3. The van der Waals surface area contributed by atoms with Gasteiger partial charge in [-0.15, -0.1) is 0 Å². The standard InChI is InChI=1S/C21H20ClF4N3O/c1-11-14(22)8-7-13-17(11)18(2,3)10-19(30,21(24,25)26)20(13,23)28-15-5-4-6-16-12(15)9-27-29-16/h4-9,28,30H,10H2,1-3H3,(H,27,29). The van der Waals surface area contributed by atoms with Gasteiger partial charge in [0.15, 0.2) is 0 Å². The molecule has 0 bridgehead atoms. The van der Waals surface area contributed by atoms with Crippen LogP contribution in [-0.2, 0) is 11.2 Å². The first-order valence-corrected chi connectivity index (χ1v) is 9.68. The van der Waals surface area contributed by atoms with Gasteiger partial charge in [-0.2, -0.15) is 18.3 Å². The topological polar surface area (TPSA) is 60.9 Å². The smallest absolute Gasteiger partial charge is 0.376 e. The first-order chi connectivity index (χ1) is 13.8. The third-order valence-corrected chi connectivity index (χ3v) is 6.38. The van der Waals surface area contributed by atoms with E-state index in [0.717, 1.165) is 0 Å². The van der Waals surface area contributed by atoms with E-state index < -0.39 is 29.4 Å². The predicted octanol–water partition coefficient (Wildman–Crippen LogP) is 5.73. The molecule has 0 radical (unpaired) electrons. The summed E-state index contributed by atoms with van der Waals surface area (Å²) in [7, 11) is 0. The minimum absolute atomic E-state index is 0.0738. The third kappa shape index (κ3) is 2.73. The number of aromatic amines is 1. The number of halogens is 5. The SMILES string of the molecule is Cc1c(Cl)ccc2c1C(C)(C)CC(O)(C(F)(F)F)C2(F)Nc1cccc2[nH]ncc12. The van der Waals surface area contributed by atoms with Crippen LogP contribution in [0.1, 0.15) is 37.0 Å². The van der Waals surface area contributed by atoms with E-state index in [2.05, 4.69) is 15.5 Å². The Morgan fingerprint density at radius 1 is 1.20 bits per heavy atom. The van der Waals surface area contributed by atoms with E-state index in [9.17, 15) is 18.3 Å². The normalized spacial score (nSPS) is 25.9. The van der Waals surface area contributed by atoms with Gasteiger partial charge >= 0.3 is 6.18 Å². The van der Waals surface area contributed by atoms with Crippen molar-refractivity contribution in [2.75, 3.05) is 5.32 Å². The Labute approximate surface area is 175 Å². The largest absolute Gasteiger partial charge is 0.422 e. The Balaban J connectivity index is 2.03. The van der Waals surface area contributed by atoms with Gasteiger partial charge in [0.1, 0.15) is 0 Å². The molecule has 2 aromatic carbocycles. The first kappa shape index (κ1) is 20.9. The fourth-order valence-corrected chi connectivity index (χ4v) is 4.80. The van der Waals surface area contributed by atoms with Crippen molar-refractivity contribution in [2.24, 2.45) is 0 Å². The molecular formula is C21H20ClF4N3O. The molecule has 2 unspecified atom stereocenters. The van der Waals surface area contributed by atoms with Crippen LogP contribution in [0.3, 0.4) is 0 Å². The number of aromatic nitrogens is 2. The lowest BCUT2D eigenvalue weighted by Crippen LogP contribution is -2.67. The van der Waals surface area contributed by atoms with Crippen LogP contribution < -0.4 is 5.32 Å². The fraction of sp³-hybridized carbons (Fsp3) is 0.381. The van der Waals surface area contributed by atoms with Crippen LogP contribution in [0.2, 0.25) is 5.02 Å². The highest BCUT2D eigenvalue weighted by atomic mass is 35.5. The zero-order valence-electron chi connectivity index (χ0n) is 16.5. The van der Waals surface area contributed by atoms with E-state index >= 15 is 4.39 Å². The Morgan fingerprint density at radius 2 is 1.90 bits per heavy atom. The van der Waals surface area contributed by atoms with Crippen LogP contribution in [0.15, 0.2) is 36.5 Å². The maximum absolute atomic E-state index is 16.7. The lowest BCUT2D eigenvalue weighted by atomic mass is 9.61. The second-order valence-corrected chi connectivity index (χ2v) is 8.84. The highest BCUT2D eigenvalue weighted by Gasteiger charge is 2.72. The number of anilines is 1. The number of rotatable bonds is 2. The highest BCUT2D eigenvalue weighted by molar-refractivity contribution is 6.31. The summed E-state index contributed by atoms with van der Waals surface area (Å²) >= 11 is 6.21. The van der Waals surface area contributed by atoms with Gasteiger partial charge in [0.25, 0.3) is 0 Å². The molecule has 2 atom stereocenters. The lowest BCUT2D eigenvalue weighted by molar-refractivity contribution is -0.312. The molecule has 0 amide bonds. The van der Waals surface area contributed by atoms with Crippen molar-refractivity contribution in [3.63, 3.8) is 0 Å². The number of nitrogens with zero attached hydrogens (tertiary/aromatic N) is 1. The van der Waals surface area contributed by atoms with E-state index in [1.807, 2.05) is 0 Å². The van der Waals surface area contributed by atoms with Gasteiger partial charge in [-0.25, -0.2) is 4.39 Å². The minimum Gasteiger partial charge on any atom is -0.376 e. The molecule has 4 rings (SSSR count). The predicted molar refractivity (Wildman–Crippen MR) is 107 cm³/mol. The second-order valence-electron chi connectivity index (χ2n) is 8.43. The molecule has 4 nitrogen and oxygen atoms in total. The molecule has 0 fully saturated rings. The second kappa shape index (κ2) is 6.34. The summed E-state index contributed by atoms with van der Waals surface area (Å²) in [4.78, 5) is 0. The third-order valence-electron chi connectivity index (χ3n) is 5.98. The first-order valence-electron chi connectivity index (χ1n) is 9.30.